The van der Waals surface area contributed by atoms with E-state index in [4.69, 9.17) is 9.47 Å². The Balaban J connectivity index is 1.19. The monoisotopic (exact) mass is 575 g/mol. The van der Waals surface area contributed by atoms with E-state index < -0.39 is 12.1 Å². The molecule has 8 nitrogen and oxygen atoms in total. The molecular weight excluding hydrogens is 522 g/mol. The predicted molar refractivity (Wildman–Crippen MR) is 155 cm³/mol. The molecule has 0 heterocycles. The molecule has 11 atom stereocenters. The first kappa shape index (κ1) is 30.9. The molecular formula is C33H53NO7. The molecule has 11 unspecified atom stereocenters. The van der Waals surface area contributed by atoms with Crippen LogP contribution < -0.4 is 0 Å². The van der Waals surface area contributed by atoms with Gasteiger partial charge in [0.15, 0.2) is 6.61 Å². The fraction of sp³-hybridized carbons (Fsp3) is 0.939. The molecule has 0 saturated heterocycles. The first-order valence-corrected chi connectivity index (χ1v) is 16.5. The Hall–Kier alpha value is -1.54. The molecule has 41 heavy (non-hydrogen) atoms. The van der Waals surface area contributed by atoms with Crippen LogP contribution in [0.1, 0.15) is 118 Å². The lowest BCUT2D eigenvalue weighted by molar-refractivity contribution is -0.180. The third kappa shape index (κ3) is 5.49. The molecule has 0 aromatic rings. The molecule has 8 heteroatoms. The summed E-state index contributed by atoms with van der Waals surface area (Å²) in [6.45, 7) is 8.42. The maximum Gasteiger partial charge on any atom is 0.344 e. The lowest BCUT2D eigenvalue weighted by atomic mass is 9.42. The van der Waals surface area contributed by atoms with Gasteiger partial charge in [0.1, 0.15) is 5.60 Å². The average Bonchev–Trinajstić information content (AvgIpc) is 3.56. The van der Waals surface area contributed by atoms with Gasteiger partial charge in [0.05, 0.1) is 18.2 Å². The van der Waals surface area contributed by atoms with Crippen molar-refractivity contribution in [3.8, 4) is 0 Å². The largest absolute Gasteiger partial charge is 0.457 e. The standard InChI is InChI=1S/C33H53NO7/c1-5-33(13-6-7-14-33)41-29(38)19-40-28(37)11-8-20(2)23-9-10-24-30-25(18-27(36)32(23,24)4)31(3)15-12-22(35)16-21(31)17-26(30)34-39/h20-27,30,35-36H,5-19H2,1-4H3. The highest BCUT2D eigenvalue weighted by molar-refractivity contribution is 5.76. The van der Waals surface area contributed by atoms with Gasteiger partial charge < -0.3 is 19.7 Å². The summed E-state index contributed by atoms with van der Waals surface area (Å²) in [4.78, 5) is 37.2. The number of esters is 2. The van der Waals surface area contributed by atoms with Crippen molar-refractivity contribution >= 4 is 11.9 Å². The summed E-state index contributed by atoms with van der Waals surface area (Å²) < 4.78 is 11.0. The summed E-state index contributed by atoms with van der Waals surface area (Å²) in [5, 5.41) is 25.9. The van der Waals surface area contributed by atoms with Gasteiger partial charge in [-0.3, -0.25) is 4.79 Å². The molecule has 0 spiro atoms. The van der Waals surface area contributed by atoms with E-state index in [1.54, 1.807) is 0 Å². The van der Waals surface area contributed by atoms with Crippen LogP contribution in [0.2, 0.25) is 0 Å². The van der Waals surface area contributed by atoms with Crippen LogP contribution in [0.5, 0.6) is 0 Å². The van der Waals surface area contributed by atoms with Gasteiger partial charge in [-0.15, -0.1) is 0 Å². The van der Waals surface area contributed by atoms with Crippen LogP contribution >= 0.6 is 0 Å². The lowest BCUT2D eigenvalue weighted by Crippen LogP contribution is -2.62. The minimum absolute atomic E-state index is 0.0243. The summed E-state index contributed by atoms with van der Waals surface area (Å²) in [6.07, 6.45) is 10.6. The Kier molecular flexibility index (Phi) is 8.94. The molecule has 0 aromatic carbocycles. The molecule has 5 aliphatic rings. The summed E-state index contributed by atoms with van der Waals surface area (Å²) >= 11 is 0. The lowest BCUT2D eigenvalue weighted by Gasteiger charge is -2.63. The van der Waals surface area contributed by atoms with Crippen LogP contribution in [0, 0.1) is 51.2 Å². The highest BCUT2D eigenvalue weighted by Crippen LogP contribution is 2.68. The van der Waals surface area contributed by atoms with Crippen molar-refractivity contribution in [1.29, 1.82) is 0 Å². The molecule has 0 amide bonds. The van der Waals surface area contributed by atoms with Gasteiger partial charge in [0.2, 0.25) is 0 Å². The zero-order valence-corrected chi connectivity index (χ0v) is 25.7. The molecule has 0 bridgehead atoms. The van der Waals surface area contributed by atoms with E-state index in [0.29, 0.717) is 12.8 Å². The quantitative estimate of drug-likeness (QED) is 0.257. The number of aliphatic hydroxyl groups excluding tert-OH is 2. The zero-order valence-electron chi connectivity index (χ0n) is 25.7. The van der Waals surface area contributed by atoms with Crippen molar-refractivity contribution in [1.82, 2.24) is 0 Å². The first-order chi connectivity index (χ1) is 19.5. The van der Waals surface area contributed by atoms with Gasteiger partial charge in [-0.1, -0.05) is 32.9 Å². The van der Waals surface area contributed by atoms with Crippen LogP contribution in [-0.2, 0) is 19.1 Å². The van der Waals surface area contributed by atoms with Crippen molar-refractivity contribution in [3.05, 3.63) is 4.91 Å². The van der Waals surface area contributed by atoms with E-state index in [1.807, 2.05) is 6.92 Å². The van der Waals surface area contributed by atoms with Crippen LogP contribution in [0.25, 0.3) is 0 Å². The summed E-state index contributed by atoms with van der Waals surface area (Å²) in [7, 11) is 0. The number of nitrogens with zero attached hydrogens (tertiary/aromatic N) is 1. The number of hydrogen-bond acceptors (Lipinski definition) is 8. The number of nitroso groups, excluding NO2 is 1. The zero-order chi connectivity index (χ0) is 29.6. The molecule has 232 valence electrons. The highest BCUT2D eigenvalue weighted by Gasteiger charge is 2.66. The summed E-state index contributed by atoms with van der Waals surface area (Å²) in [5.41, 5.74) is -0.694. The number of hydrogen-bond donors (Lipinski definition) is 2. The number of rotatable bonds is 9. The van der Waals surface area contributed by atoms with E-state index in [1.165, 1.54) is 0 Å². The number of fused-ring (bicyclic) bond motifs is 5. The number of carbonyl (C=O) groups is 2. The third-order valence-electron chi connectivity index (χ3n) is 13.3. The van der Waals surface area contributed by atoms with Crippen LogP contribution in [0.3, 0.4) is 0 Å². The smallest absolute Gasteiger partial charge is 0.344 e. The third-order valence-corrected chi connectivity index (χ3v) is 13.3. The second-order valence-corrected chi connectivity index (χ2v) is 15.0. The fourth-order valence-corrected chi connectivity index (χ4v) is 10.8. The van der Waals surface area contributed by atoms with Gasteiger partial charge in [0.25, 0.3) is 0 Å². The second-order valence-electron chi connectivity index (χ2n) is 15.0. The molecule has 0 aromatic heterocycles. The van der Waals surface area contributed by atoms with E-state index >= 15 is 0 Å². The van der Waals surface area contributed by atoms with Crippen LogP contribution in [0.4, 0.5) is 0 Å². The predicted octanol–water partition coefficient (Wildman–Crippen LogP) is 5.95. The Morgan fingerprint density at radius 2 is 1.71 bits per heavy atom. The maximum atomic E-state index is 12.6. The highest BCUT2D eigenvalue weighted by atomic mass is 16.6. The first-order valence-electron chi connectivity index (χ1n) is 16.5. The fourth-order valence-electron chi connectivity index (χ4n) is 10.8. The molecule has 5 aliphatic carbocycles. The Bertz CT molecular complexity index is 981. The van der Waals surface area contributed by atoms with Gasteiger partial charge in [-0.25, -0.2) is 4.79 Å². The molecule has 5 fully saturated rings. The number of ether oxygens (including phenoxy) is 2. The normalized spacial score (nSPS) is 43.8. The molecule has 0 aliphatic heterocycles. The number of carbonyl (C=O) groups excluding carboxylic acids is 2. The van der Waals surface area contributed by atoms with Crippen molar-refractivity contribution < 1.29 is 29.3 Å². The van der Waals surface area contributed by atoms with Crippen LogP contribution in [-0.4, -0.2) is 52.6 Å². The van der Waals surface area contributed by atoms with E-state index in [-0.39, 0.29) is 83.1 Å². The Morgan fingerprint density at radius 3 is 2.39 bits per heavy atom. The van der Waals surface area contributed by atoms with Crippen molar-refractivity contribution in [2.75, 3.05) is 6.61 Å². The van der Waals surface area contributed by atoms with Crippen molar-refractivity contribution in [2.45, 2.75) is 141 Å². The SMILES string of the molecule is CCC1(OC(=O)COC(=O)CCC(C)C2CCC3C4C(N=O)CC5CC(O)CCC5(C)C4CC(O)C23C)CCCC1. The van der Waals surface area contributed by atoms with Crippen molar-refractivity contribution in [2.24, 2.45) is 51.5 Å². The molecule has 5 saturated carbocycles. The molecule has 2 N–H and O–H groups in total. The van der Waals surface area contributed by atoms with E-state index in [2.05, 4.69) is 25.9 Å². The van der Waals surface area contributed by atoms with Crippen molar-refractivity contribution in [3.63, 3.8) is 0 Å². The maximum absolute atomic E-state index is 12.6. The average molecular weight is 576 g/mol. The van der Waals surface area contributed by atoms with Gasteiger partial charge in [-0.05, 0) is 130 Å². The molecule has 0 radical (unpaired) electrons. The summed E-state index contributed by atoms with van der Waals surface area (Å²) in [6, 6.07) is -0.264. The summed E-state index contributed by atoms with van der Waals surface area (Å²) in [5.74, 6) is 0.481. The van der Waals surface area contributed by atoms with Gasteiger partial charge in [0, 0.05) is 6.42 Å². The Labute approximate surface area is 245 Å². The Morgan fingerprint density at radius 1 is 0.976 bits per heavy atom. The van der Waals surface area contributed by atoms with Gasteiger partial charge in [-0.2, -0.15) is 4.91 Å². The van der Waals surface area contributed by atoms with E-state index in [9.17, 15) is 24.7 Å². The number of aliphatic hydroxyl groups is 2. The minimum atomic E-state index is -0.471. The van der Waals surface area contributed by atoms with E-state index in [0.717, 1.165) is 70.6 Å². The van der Waals surface area contributed by atoms with Gasteiger partial charge >= 0.3 is 11.9 Å². The second kappa shape index (κ2) is 11.9. The minimum Gasteiger partial charge on any atom is -0.457 e. The topological polar surface area (TPSA) is 122 Å². The van der Waals surface area contributed by atoms with Crippen LogP contribution in [0.15, 0.2) is 5.18 Å². The molecule has 5 rings (SSSR count).